The van der Waals surface area contributed by atoms with Crippen LogP contribution in [0.5, 0.6) is 0 Å². The van der Waals surface area contributed by atoms with Gasteiger partial charge >= 0.3 is 12.1 Å². The van der Waals surface area contributed by atoms with E-state index in [1.54, 1.807) is 32.2 Å². The topological polar surface area (TPSA) is 130 Å². The third kappa shape index (κ3) is 4.53. The van der Waals surface area contributed by atoms with Crippen molar-refractivity contribution in [3.8, 4) is 16.6 Å². The number of ether oxygens (including phenoxy) is 1. The Morgan fingerprint density at radius 1 is 1.48 bits per heavy atom. The third-order valence-electron chi connectivity index (χ3n) is 3.45. The van der Waals surface area contributed by atoms with Crippen molar-refractivity contribution in [2.45, 2.75) is 32.9 Å². The van der Waals surface area contributed by atoms with E-state index in [-0.39, 0.29) is 30.0 Å². The maximum atomic E-state index is 11.8. The largest absolute Gasteiger partial charge is 0.477 e. The number of carboxylic acids is 1. The highest BCUT2D eigenvalue weighted by molar-refractivity contribution is 7.14. The van der Waals surface area contributed by atoms with Crippen LogP contribution in [-0.4, -0.2) is 33.9 Å². The first-order valence-corrected chi connectivity index (χ1v) is 9.18. The second-order valence-corrected chi connectivity index (χ2v) is 7.90. The number of anilines is 1. The molecule has 8 nitrogen and oxygen atoms in total. The van der Waals surface area contributed by atoms with Crippen LogP contribution >= 0.6 is 22.9 Å². The Labute approximate surface area is 165 Å². The van der Waals surface area contributed by atoms with Gasteiger partial charge in [0.15, 0.2) is 5.69 Å². The van der Waals surface area contributed by atoms with Crippen molar-refractivity contribution in [2.24, 2.45) is 0 Å². The number of rotatable bonds is 5. The highest BCUT2D eigenvalue weighted by Gasteiger charge is 2.28. The van der Waals surface area contributed by atoms with Crippen LogP contribution in [-0.2, 0) is 11.3 Å². The summed E-state index contributed by atoms with van der Waals surface area (Å²) < 4.78 is 6.53. The van der Waals surface area contributed by atoms with E-state index in [9.17, 15) is 20.0 Å². The lowest BCUT2D eigenvalue weighted by molar-refractivity contribution is 0.0526. The summed E-state index contributed by atoms with van der Waals surface area (Å²) in [6.07, 6.45) is -0.629. The number of carbonyl (C=O) groups is 2. The number of hydrogen-bond acceptors (Lipinski definition) is 6. The predicted molar refractivity (Wildman–Crippen MR) is 103 cm³/mol. The van der Waals surface area contributed by atoms with Crippen molar-refractivity contribution in [1.82, 2.24) is 9.88 Å². The van der Waals surface area contributed by atoms with Crippen LogP contribution in [0.15, 0.2) is 11.4 Å². The minimum Gasteiger partial charge on any atom is -0.477 e. The maximum absolute atomic E-state index is 11.8. The van der Waals surface area contributed by atoms with Gasteiger partial charge in [-0.1, -0.05) is 11.6 Å². The number of nitrogens with two attached hydrogens (primary N) is 1. The van der Waals surface area contributed by atoms with Crippen LogP contribution in [0.4, 0.5) is 10.5 Å². The van der Waals surface area contributed by atoms with Gasteiger partial charge in [0, 0.05) is 13.1 Å². The Hall–Kier alpha value is -2.70. The molecule has 0 saturated carbocycles. The fourth-order valence-corrected chi connectivity index (χ4v) is 3.69. The number of hydrogen-bond donors (Lipinski definition) is 3. The number of aromatic carboxylic acids is 1. The lowest BCUT2D eigenvalue weighted by Crippen LogP contribution is -2.34. The van der Waals surface area contributed by atoms with E-state index in [2.05, 4.69) is 5.32 Å². The van der Waals surface area contributed by atoms with Gasteiger partial charge in [-0.05, 0) is 32.2 Å². The summed E-state index contributed by atoms with van der Waals surface area (Å²) in [5, 5.41) is 23.7. The molecule has 2 rings (SSSR count). The molecule has 1 amide bonds. The molecule has 0 aliphatic carbocycles. The Bertz CT molecular complexity index is 921. The van der Waals surface area contributed by atoms with Crippen molar-refractivity contribution in [3.05, 3.63) is 27.7 Å². The minimum atomic E-state index is -1.28. The number of alkyl carbamates (subject to hydrolysis) is 1. The van der Waals surface area contributed by atoms with Crippen LogP contribution in [0.3, 0.4) is 0 Å². The van der Waals surface area contributed by atoms with Crippen molar-refractivity contribution in [3.63, 3.8) is 0 Å². The summed E-state index contributed by atoms with van der Waals surface area (Å²) in [6, 6.07) is 3.60. The molecule has 4 N–H and O–H groups in total. The Morgan fingerprint density at radius 3 is 2.63 bits per heavy atom. The summed E-state index contributed by atoms with van der Waals surface area (Å²) in [4.78, 5) is 24.1. The number of nitrogen functional groups attached to an aromatic ring is 1. The van der Waals surface area contributed by atoms with Crippen molar-refractivity contribution < 1.29 is 19.4 Å². The number of nitrogens with zero attached hydrogens (tertiary/aromatic N) is 2. The van der Waals surface area contributed by atoms with Gasteiger partial charge in [-0.3, -0.25) is 0 Å². The third-order valence-corrected chi connectivity index (χ3v) is 4.80. The number of carbonyl (C=O) groups excluding carboxylic acids is 1. The predicted octanol–water partition coefficient (Wildman–Crippen LogP) is 3.55. The molecular weight excluding hydrogens is 392 g/mol. The molecule has 2 aromatic rings. The first-order chi connectivity index (χ1) is 12.6. The van der Waals surface area contributed by atoms with Gasteiger partial charge in [0.1, 0.15) is 17.2 Å². The van der Waals surface area contributed by atoms with Gasteiger partial charge in [-0.25, -0.2) is 9.59 Å². The molecule has 0 unspecified atom stereocenters. The van der Waals surface area contributed by atoms with Crippen molar-refractivity contribution >= 4 is 40.7 Å². The Kier molecular flexibility index (Phi) is 6.03. The number of halogens is 1. The SMILES string of the molecule is CC(C)(C)OC(=O)NCCn1c(C(=O)O)c(N)c(C#N)c1-c1sccc1Cl. The monoisotopic (exact) mass is 410 g/mol. The molecule has 10 heteroatoms. The van der Waals surface area contributed by atoms with Gasteiger partial charge in [0.05, 0.1) is 21.3 Å². The van der Waals surface area contributed by atoms with Gasteiger partial charge in [0.2, 0.25) is 0 Å². The van der Waals surface area contributed by atoms with E-state index < -0.39 is 17.7 Å². The first-order valence-electron chi connectivity index (χ1n) is 7.92. The molecule has 0 spiro atoms. The number of amides is 1. The molecule has 0 aliphatic heterocycles. The second kappa shape index (κ2) is 7.90. The van der Waals surface area contributed by atoms with E-state index in [1.807, 2.05) is 6.07 Å². The van der Waals surface area contributed by atoms with E-state index in [4.69, 9.17) is 22.1 Å². The number of thiophene rings is 1. The molecule has 2 aromatic heterocycles. The van der Waals surface area contributed by atoms with Crippen molar-refractivity contribution in [1.29, 1.82) is 5.26 Å². The lowest BCUT2D eigenvalue weighted by atomic mass is 10.2. The van der Waals surface area contributed by atoms with Gasteiger partial charge < -0.3 is 25.5 Å². The van der Waals surface area contributed by atoms with Crippen LogP contribution in [0, 0.1) is 11.3 Å². The smallest absolute Gasteiger partial charge is 0.407 e. The van der Waals surface area contributed by atoms with E-state index in [0.29, 0.717) is 15.6 Å². The molecule has 0 atom stereocenters. The second-order valence-electron chi connectivity index (χ2n) is 6.58. The zero-order valence-electron chi connectivity index (χ0n) is 15.0. The van der Waals surface area contributed by atoms with Crippen LogP contribution in [0.25, 0.3) is 10.6 Å². The van der Waals surface area contributed by atoms with Crippen LogP contribution in [0.2, 0.25) is 5.02 Å². The molecule has 0 aromatic carbocycles. The highest BCUT2D eigenvalue weighted by Crippen LogP contribution is 2.40. The average Bonchev–Trinajstić information content (AvgIpc) is 3.06. The van der Waals surface area contributed by atoms with Gasteiger partial charge in [-0.15, -0.1) is 11.3 Å². The molecular formula is C17H19ClN4O4S. The maximum Gasteiger partial charge on any atom is 0.407 e. The van der Waals surface area contributed by atoms with E-state index in [1.165, 1.54) is 15.9 Å². The average molecular weight is 411 g/mol. The van der Waals surface area contributed by atoms with Gasteiger partial charge in [0.25, 0.3) is 0 Å². The zero-order valence-corrected chi connectivity index (χ0v) is 16.6. The van der Waals surface area contributed by atoms with Crippen LogP contribution in [0.1, 0.15) is 36.8 Å². The fraction of sp³-hybridized carbons (Fsp3) is 0.353. The molecule has 27 heavy (non-hydrogen) atoms. The fourth-order valence-electron chi connectivity index (χ4n) is 2.49. The Morgan fingerprint density at radius 2 is 2.15 bits per heavy atom. The molecule has 2 heterocycles. The minimum absolute atomic E-state index is 0.0361. The van der Waals surface area contributed by atoms with E-state index in [0.717, 1.165) is 0 Å². The summed E-state index contributed by atoms with van der Waals surface area (Å²) in [5.41, 5.74) is 5.25. The Balaban J connectivity index is 2.40. The summed E-state index contributed by atoms with van der Waals surface area (Å²) in [6.45, 7) is 5.34. The molecule has 0 saturated heterocycles. The normalized spacial score (nSPS) is 11.1. The quantitative estimate of drug-likeness (QED) is 0.690. The number of aromatic nitrogens is 1. The first kappa shape index (κ1) is 20.6. The molecule has 0 fully saturated rings. The standard InChI is InChI=1S/C17H19ClN4O4S/c1-17(2,3)26-16(25)21-5-6-22-12(14-10(18)4-7-27-14)9(8-19)11(20)13(22)15(23)24/h4,7H,5-6,20H2,1-3H3,(H,21,25)(H,23,24). The summed E-state index contributed by atoms with van der Waals surface area (Å²) >= 11 is 7.45. The highest BCUT2D eigenvalue weighted by atomic mass is 35.5. The molecule has 144 valence electrons. The van der Waals surface area contributed by atoms with E-state index >= 15 is 0 Å². The van der Waals surface area contributed by atoms with Crippen LogP contribution < -0.4 is 11.1 Å². The number of carboxylic acid groups (broad SMARTS) is 1. The number of nitriles is 1. The number of nitrogens with one attached hydrogen (secondary N) is 1. The van der Waals surface area contributed by atoms with Crippen molar-refractivity contribution in [2.75, 3.05) is 12.3 Å². The molecule has 0 aliphatic rings. The zero-order chi connectivity index (χ0) is 20.4. The lowest BCUT2D eigenvalue weighted by Gasteiger charge is -2.20. The molecule has 0 bridgehead atoms. The molecule has 0 radical (unpaired) electrons. The summed E-state index contributed by atoms with van der Waals surface area (Å²) in [5.74, 6) is -1.28. The van der Waals surface area contributed by atoms with Gasteiger partial charge in [-0.2, -0.15) is 5.26 Å². The summed E-state index contributed by atoms with van der Waals surface area (Å²) in [7, 11) is 0.